The Morgan fingerprint density at radius 2 is 0.667 bits per heavy atom. The number of halogens is 25. The maximum atomic E-state index is 14.2. The average Bonchev–Trinajstić information content (AvgIpc) is 3.51. The molecule has 8 rings (SSSR count). The second kappa shape index (κ2) is 22.7. The van der Waals surface area contributed by atoms with Crippen molar-refractivity contribution in [3.05, 3.63) is 218 Å². The molecule has 1 heterocycles. The Hall–Kier alpha value is -7.72. The molecule has 0 aliphatic carbocycles. The minimum absolute atomic E-state index is 0.0395. The standard InChI is InChI=1S/C32H12BF24.C23H17BrNO2/c34-25(35,36)13-1-14(26(37,38)39)6-21(5-13)33(22-7-15(27(40,41)42)2-16(8-22)28(43,44)45,23-9-17(29(46,47)48)3-18(10-23)30(49,50)51)24-11-19(31(52,53)54)4-20(12-24)32(55,56)57;24-19-11-13-20(14-12-19)27-23-15-10-17-6-4-5-9-21(17)25(23)16-22(26)18-7-2-1-3-8-18/h1-12H;1-15H,16H2/q-1;+1. The molecule has 0 atom stereocenters. The van der Waals surface area contributed by atoms with Crippen LogP contribution in [0, 0.1) is 0 Å². The number of para-hydroxylation sites is 1. The SMILES string of the molecule is FC(F)(F)c1cc([B-](c2cc(C(F)(F)F)cc(C(F)(F)F)c2)(c2cc(C(F)(F)F)cc(C(F)(F)F)c2)c2cc(C(F)(F)F)cc(C(F)(F)F)c2)cc(C(F)(F)F)c1.O=C(C[n+]1c(Oc2ccc(Br)cc2)ccc2ccccc21)c1ccccc1. The third kappa shape index (κ3) is 14.4. The number of hydrogen-bond donors (Lipinski definition) is 0. The zero-order valence-corrected chi connectivity index (χ0v) is 42.7. The molecule has 0 aliphatic heterocycles. The average molecular weight is 1280 g/mol. The summed E-state index contributed by atoms with van der Waals surface area (Å²) in [4.78, 5) is 12.8. The molecule has 0 unspecified atom stereocenters. The summed E-state index contributed by atoms with van der Waals surface area (Å²) >= 11 is 3.43. The molecule has 29 heteroatoms. The van der Waals surface area contributed by atoms with E-state index in [0.29, 0.717) is 11.4 Å². The second-order valence-corrected chi connectivity index (χ2v) is 19.3. The molecule has 0 saturated carbocycles. The maximum absolute atomic E-state index is 14.2. The molecule has 0 bridgehead atoms. The van der Waals surface area contributed by atoms with E-state index >= 15 is 0 Å². The van der Waals surface area contributed by atoms with E-state index in [0.717, 1.165) is 21.1 Å². The van der Waals surface area contributed by atoms with E-state index in [4.69, 9.17) is 4.74 Å². The molecular formula is C55H29BBrF24NO2. The number of ketones is 1. The van der Waals surface area contributed by atoms with Crippen LogP contribution in [0.5, 0.6) is 11.6 Å². The van der Waals surface area contributed by atoms with Crippen molar-refractivity contribution in [3.63, 3.8) is 0 Å². The van der Waals surface area contributed by atoms with Crippen LogP contribution in [0.2, 0.25) is 0 Å². The van der Waals surface area contributed by atoms with Crippen molar-refractivity contribution in [1.82, 2.24) is 0 Å². The molecule has 8 aromatic rings. The zero-order chi connectivity index (χ0) is 62.6. The van der Waals surface area contributed by atoms with Crippen molar-refractivity contribution >= 4 is 60.6 Å². The highest BCUT2D eigenvalue weighted by molar-refractivity contribution is 9.10. The van der Waals surface area contributed by atoms with Gasteiger partial charge in [-0.1, -0.05) is 107 Å². The lowest BCUT2D eigenvalue weighted by Crippen LogP contribution is -2.75. The van der Waals surface area contributed by atoms with Gasteiger partial charge in [-0.05, 0) is 60.7 Å². The van der Waals surface area contributed by atoms with Gasteiger partial charge in [-0.3, -0.25) is 4.79 Å². The molecule has 0 N–H and O–H groups in total. The highest BCUT2D eigenvalue weighted by Gasteiger charge is 2.47. The molecule has 0 radical (unpaired) electrons. The van der Waals surface area contributed by atoms with Gasteiger partial charge in [0.15, 0.2) is 0 Å². The number of hydrogen-bond acceptors (Lipinski definition) is 2. The smallest absolute Gasteiger partial charge is 0.405 e. The molecule has 3 nitrogen and oxygen atoms in total. The lowest BCUT2D eigenvalue weighted by molar-refractivity contribution is -0.661. The molecule has 84 heavy (non-hydrogen) atoms. The topological polar surface area (TPSA) is 30.2 Å². The van der Waals surface area contributed by atoms with Gasteiger partial charge in [0.05, 0.1) is 50.6 Å². The highest BCUT2D eigenvalue weighted by Crippen LogP contribution is 2.42. The number of carbonyl (C=O) groups is 1. The number of fused-ring (bicyclic) bond motifs is 1. The Balaban J connectivity index is 0.000000309. The van der Waals surface area contributed by atoms with Crippen LogP contribution in [0.3, 0.4) is 0 Å². The third-order valence-electron chi connectivity index (χ3n) is 12.8. The van der Waals surface area contributed by atoms with Crippen LogP contribution in [-0.2, 0) is 56.0 Å². The van der Waals surface area contributed by atoms with Gasteiger partial charge in [-0.15, -0.1) is 0 Å². The summed E-state index contributed by atoms with van der Waals surface area (Å²) < 4.78 is 350. The van der Waals surface area contributed by atoms with E-state index < -0.39 is 195 Å². The van der Waals surface area contributed by atoms with Crippen LogP contribution < -0.4 is 31.2 Å². The fraction of sp³-hybridized carbons (Fsp3) is 0.164. The van der Waals surface area contributed by atoms with Gasteiger partial charge in [-0.2, -0.15) is 132 Å². The Morgan fingerprint density at radius 3 is 0.976 bits per heavy atom. The Bertz CT molecular complexity index is 3270. The van der Waals surface area contributed by atoms with Gasteiger partial charge in [0, 0.05) is 21.5 Å². The summed E-state index contributed by atoms with van der Waals surface area (Å²) in [5.41, 5.74) is -28.6. The fourth-order valence-electron chi connectivity index (χ4n) is 9.05. The third-order valence-corrected chi connectivity index (χ3v) is 13.3. The predicted octanol–water partition coefficient (Wildman–Crippen LogP) is 16.8. The Morgan fingerprint density at radius 1 is 0.369 bits per heavy atom. The largest absolute Gasteiger partial charge is 0.416 e. The van der Waals surface area contributed by atoms with Gasteiger partial charge in [0.25, 0.3) is 0 Å². The lowest BCUT2D eigenvalue weighted by Gasteiger charge is -2.46. The van der Waals surface area contributed by atoms with E-state index in [1.54, 1.807) is 0 Å². The number of nitrogens with zero attached hydrogens (tertiary/aromatic N) is 1. The molecule has 7 aromatic carbocycles. The van der Waals surface area contributed by atoms with E-state index in [1.807, 2.05) is 95.6 Å². The molecule has 0 amide bonds. The second-order valence-electron chi connectivity index (χ2n) is 18.4. The number of alkyl halides is 24. The van der Waals surface area contributed by atoms with E-state index in [-0.39, 0.29) is 12.3 Å². The summed E-state index contributed by atoms with van der Waals surface area (Å²) in [5.74, 6) is 1.38. The molecule has 1 aromatic heterocycles. The predicted molar refractivity (Wildman–Crippen MR) is 259 cm³/mol. The van der Waals surface area contributed by atoms with Gasteiger partial charge in [0.2, 0.25) is 17.8 Å². The summed E-state index contributed by atoms with van der Waals surface area (Å²) in [6, 6.07) is 20.1. The normalized spacial score (nSPS) is 13.2. The quantitative estimate of drug-likeness (QED) is 0.0624. The first kappa shape index (κ1) is 63.9. The number of pyridine rings is 1. The number of rotatable bonds is 9. The summed E-state index contributed by atoms with van der Waals surface area (Å²) in [6.45, 7) is 0.206. The number of carbonyl (C=O) groups excluding carboxylic acids is 1. The van der Waals surface area contributed by atoms with Crippen molar-refractivity contribution in [2.75, 3.05) is 0 Å². The van der Waals surface area contributed by atoms with Gasteiger partial charge in [-0.25, -0.2) is 0 Å². The van der Waals surface area contributed by atoms with Crippen molar-refractivity contribution < 1.29 is 119 Å². The van der Waals surface area contributed by atoms with E-state index in [9.17, 15) is 110 Å². The van der Waals surface area contributed by atoms with Crippen molar-refractivity contribution in [1.29, 1.82) is 0 Å². The zero-order valence-electron chi connectivity index (χ0n) is 41.1. The molecule has 0 spiro atoms. The first-order valence-electron chi connectivity index (χ1n) is 23.3. The van der Waals surface area contributed by atoms with Crippen LogP contribution in [0.15, 0.2) is 168 Å². The molecule has 0 fully saturated rings. The summed E-state index contributed by atoms with van der Waals surface area (Å²) in [7, 11) is 0. The van der Waals surface area contributed by atoms with Gasteiger partial charge in [0.1, 0.15) is 11.9 Å². The van der Waals surface area contributed by atoms with Crippen LogP contribution >= 0.6 is 15.9 Å². The van der Waals surface area contributed by atoms with Crippen molar-refractivity contribution in [3.8, 4) is 11.6 Å². The minimum atomic E-state index is -6.13. The van der Waals surface area contributed by atoms with Crippen LogP contribution in [0.4, 0.5) is 105 Å². The summed E-state index contributed by atoms with van der Waals surface area (Å²) in [6.07, 6.45) is -54.8. The molecule has 0 saturated heterocycles. The highest BCUT2D eigenvalue weighted by atomic mass is 79.9. The number of ether oxygens (including phenoxy) is 1. The van der Waals surface area contributed by atoms with Gasteiger partial charge >= 0.3 is 55.3 Å². The molecular weight excluding hydrogens is 1250 g/mol. The Kier molecular flexibility index (Phi) is 17.3. The van der Waals surface area contributed by atoms with Crippen LogP contribution in [0.25, 0.3) is 10.9 Å². The monoisotopic (exact) mass is 1280 g/mol. The minimum Gasteiger partial charge on any atom is -0.405 e. The number of benzene rings is 7. The number of Topliss-reactive ketones (excluding diaryl/α,β-unsaturated/α-hetero) is 1. The summed E-state index contributed by atoms with van der Waals surface area (Å²) in [5, 5.41) is 1.06. The fourth-order valence-corrected chi connectivity index (χ4v) is 9.31. The Labute approximate surface area is 464 Å². The first-order chi connectivity index (χ1) is 38.5. The molecule has 444 valence electrons. The first-order valence-corrected chi connectivity index (χ1v) is 24.0. The van der Waals surface area contributed by atoms with Gasteiger partial charge < -0.3 is 4.74 Å². The lowest BCUT2D eigenvalue weighted by atomic mass is 9.12. The number of aromatic nitrogens is 1. The van der Waals surface area contributed by atoms with E-state index in [1.165, 1.54) is 0 Å². The van der Waals surface area contributed by atoms with Crippen molar-refractivity contribution in [2.24, 2.45) is 0 Å². The van der Waals surface area contributed by atoms with E-state index in [2.05, 4.69) is 15.9 Å². The maximum Gasteiger partial charge on any atom is 0.416 e. The van der Waals surface area contributed by atoms with Crippen LogP contribution in [0.1, 0.15) is 54.9 Å². The molecule has 0 aliphatic rings. The van der Waals surface area contributed by atoms with Crippen molar-refractivity contribution in [2.45, 2.75) is 56.0 Å². The van der Waals surface area contributed by atoms with Crippen LogP contribution in [-0.4, -0.2) is 11.9 Å².